The molecule has 4 unspecified atom stereocenters. The first-order chi connectivity index (χ1) is 34.2. The monoisotopic (exact) mass is 988 g/mol. The van der Waals surface area contributed by atoms with Gasteiger partial charge >= 0.3 is 11.9 Å². The first-order valence-electron chi connectivity index (χ1n) is 23.9. The maximum Gasteiger partial charge on any atom is 0.331 e. The van der Waals surface area contributed by atoms with Gasteiger partial charge in [-0.1, -0.05) is 24.3 Å². The summed E-state index contributed by atoms with van der Waals surface area (Å²) >= 11 is 0. The van der Waals surface area contributed by atoms with Crippen molar-refractivity contribution < 1.29 is 82.0 Å². The second-order valence-electron chi connectivity index (χ2n) is 18.5. The van der Waals surface area contributed by atoms with Crippen LogP contribution in [0.25, 0.3) is 0 Å². The van der Waals surface area contributed by atoms with Gasteiger partial charge in [-0.15, -0.1) is 0 Å². The van der Waals surface area contributed by atoms with E-state index in [1.807, 2.05) is 42.5 Å². The third kappa shape index (κ3) is 11.6. The van der Waals surface area contributed by atoms with Gasteiger partial charge in [-0.3, -0.25) is 0 Å². The second-order valence-corrected chi connectivity index (χ2v) is 18.5. The lowest BCUT2D eigenvalue weighted by atomic mass is 9.82. The molecule has 386 valence electrons. The van der Waals surface area contributed by atoms with Gasteiger partial charge in [-0.2, -0.15) is 0 Å². The molecule has 0 radical (unpaired) electrons. The van der Waals surface area contributed by atoms with Crippen molar-refractivity contribution in [2.45, 2.75) is 77.2 Å². The summed E-state index contributed by atoms with van der Waals surface area (Å²) in [5.74, 6) is 1.63. The van der Waals surface area contributed by atoms with Crippen LogP contribution in [0.4, 0.5) is 0 Å². The summed E-state index contributed by atoms with van der Waals surface area (Å²) in [6, 6.07) is 12.9. The van der Waals surface area contributed by atoms with Crippen LogP contribution in [0.3, 0.4) is 0 Å². The van der Waals surface area contributed by atoms with Crippen LogP contribution in [0, 0.1) is 0 Å². The fourth-order valence-electron chi connectivity index (χ4n) is 10.8. The lowest BCUT2D eigenvalue weighted by molar-refractivity contribution is -0.941. The lowest BCUT2D eigenvalue weighted by Gasteiger charge is -2.46. The Morgan fingerprint density at radius 3 is 1.66 bits per heavy atom. The number of nitrogens with zero attached hydrogens (tertiary/aromatic N) is 2. The highest BCUT2D eigenvalue weighted by Crippen LogP contribution is 2.53. The van der Waals surface area contributed by atoms with E-state index in [2.05, 4.69) is 14.1 Å². The van der Waals surface area contributed by atoms with Crippen molar-refractivity contribution in [1.82, 2.24) is 0 Å². The zero-order chi connectivity index (χ0) is 51.5. The van der Waals surface area contributed by atoms with Gasteiger partial charge in [0.15, 0.2) is 23.0 Å². The van der Waals surface area contributed by atoms with Crippen molar-refractivity contribution in [2.75, 3.05) is 96.1 Å². The van der Waals surface area contributed by atoms with Gasteiger partial charge in [0.05, 0.1) is 140 Å². The predicted octanol–water partition coefficient (Wildman–Crippen LogP) is 4.70. The zero-order valence-electron chi connectivity index (χ0n) is 42.4. The SMILES string of the molecule is COc1cc(C2c3c(cc(OC)c(OC)c3OC)CC[N+]2(C)CCCOC(=O)/C=C\C(=O)OCCC[N+]2(C)CCc3cc(CO)c(CO)c(OC)c3C2Cc2ccc(CO)c(CO)c2)cc(CO)c1OC. The molecule has 4 aromatic carbocycles. The van der Waals surface area contributed by atoms with Crippen molar-refractivity contribution in [3.8, 4) is 34.5 Å². The van der Waals surface area contributed by atoms with Gasteiger partial charge in [-0.25, -0.2) is 9.59 Å². The zero-order valence-corrected chi connectivity index (χ0v) is 42.4. The summed E-state index contributed by atoms with van der Waals surface area (Å²) < 4.78 is 47.1. The molecule has 5 N–H and O–H groups in total. The van der Waals surface area contributed by atoms with Crippen LogP contribution in [-0.2, 0) is 71.4 Å². The number of hydrogen-bond donors (Lipinski definition) is 5. The third-order valence-corrected chi connectivity index (χ3v) is 14.4. The van der Waals surface area contributed by atoms with Gasteiger partial charge < -0.3 is 72.4 Å². The van der Waals surface area contributed by atoms with Crippen LogP contribution in [0.1, 0.15) is 86.1 Å². The fourth-order valence-corrected chi connectivity index (χ4v) is 10.8. The molecule has 0 saturated carbocycles. The van der Waals surface area contributed by atoms with E-state index < -0.39 is 11.9 Å². The Morgan fingerprint density at radius 1 is 0.563 bits per heavy atom. The summed E-state index contributed by atoms with van der Waals surface area (Å²) in [5.41, 5.74) is 8.68. The summed E-state index contributed by atoms with van der Waals surface area (Å²) in [7, 11) is 13.7. The number of benzene rings is 4. The maximum atomic E-state index is 12.9. The van der Waals surface area contributed by atoms with E-state index in [-0.39, 0.29) is 58.3 Å². The molecule has 0 bridgehead atoms. The Labute approximate surface area is 416 Å². The Morgan fingerprint density at radius 2 is 1.11 bits per heavy atom. The Hall–Kier alpha value is -5.92. The minimum atomic E-state index is -0.680. The van der Waals surface area contributed by atoms with E-state index in [9.17, 15) is 35.1 Å². The number of quaternary nitrogens is 2. The Kier molecular flexibility index (Phi) is 18.8. The van der Waals surface area contributed by atoms with Crippen LogP contribution in [0.2, 0.25) is 0 Å². The van der Waals surface area contributed by atoms with Crippen LogP contribution in [0.5, 0.6) is 34.5 Å². The van der Waals surface area contributed by atoms with Gasteiger partial charge in [0.2, 0.25) is 5.75 Å². The predicted molar refractivity (Wildman–Crippen MR) is 263 cm³/mol. The highest BCUT2D eigenvalue weighted by molar-refractivity contribution is 5.91. The average Bonchev–Trinajstić information content (AvgIpc) is 3.39. The normalized spacial score (nSPS) is 19.4. The molecule has 17 heteroatoms. The molecule has 2 aliphatic rings. The number of carbonyl (C=O) groups is 2. The molecule has 0 aromatic heterocycles. The van der Waals surface area contributed by atoms with E-state index >= 15 is 0 Å². The van der Waals surface area contributed by atoms with E-state index in [0.29, 0.717) is 123 Å². The number of likely N-dealkylation sites (N-methyl/N-ethyl adjacent to an activating group) is 2. The molecule has 4 aromatic rings. The lowest BCUT2D eigenvalue weighted by Crippen LogP contribution is -2.53. The highest BCUT2D eigenvalue weighted by atomic mass is 16.5. The Bertz CT molecular complexity index is 2520. The number of esters is 2. The molecule has 0 aliphatic carbocycles. The van der Waals surface area contributed by atoms with Crippen molar-refractivity contribution >= 4 is 11.9 Å². The molecule has 0 amide bonds. The Balaban J connectivity index is 1.11. The van der Waals surface area contributed by atoms with E-state index in [1.54, 1.807) is 35.5 Å². The molecule has 0 spiro atoms. The topological polar surface area (TPSA) is 209 Å². The number of carbonyl (C=O) groups excluding carboxylic acids is 2. The van der Waals surface area contributed by atoms with Crippen molar-refractivity contribution in [2.24, 2.45) is 0 Å². The third-order valence-electron chi connectivity index (χ3n) is 14.4. The summed E-state index contributed by atoms with van der Waals surface area (Å²) in [6.45, 7) is 1.56. The van der Waals surface area contributed by atoms with Gasteiger partial charge in [-0.05, 0) is 51.6 Å². The smallest absolute Gasteiger partial charge is 0.331 e. The van der Waals surface area contributed by atoms with E-state index in [1.165, 1.54) is 7.11 Å². The number of rotatable bonds is 24. The summed E-state index contributed by atoms with van der Waals surface area (Å²) in [6.07, 6.45) is 5.05. The summed E-state index contributed by atoms with van der Waals surface area (Å²) in [4.78, 5) is 25.9. The number of methoxy groups -OCH3 is 6. The molecule has 17 nitrogen and oxygen atoms in total. The molecular formula is C54H72N2O15+2. The fraction of sp³-hybridized carbons (Fsp3) is 0.481. The quantitative estimate of drug-likeness (QED) is 0.0279. The molecule has 2 aliphatic heterocycles. The first-order valence-corrected chi connectivity index (χ1v) is 23.9. The van der Waals surface area contributed by atoms with Crippen LogP contribution >= 0.6 is 0 Å². The van der Waals surface area contributed by atoms with Gasteiger partial charge in [0, 0.05) is 60.9 Å². The number of ether oxygens (including phenoxy) is 8. The number of fused-ring (bicyclic) bond motifs is 2. The number of aliphatic hydroxyl groups excluding tert-OH is 5. The van der Waals surface area contributed by atoms with E-state index in [4.69, 9.17) is 37.9 Å². The van der Waals surface area contributed by atoms with Gasteiger partial charge in [0.25, 0.3) is 0 Å². The molecule has 6 rings (SSSR count). The molecule has 0 saturated heterocycles. The standard InChI is InChI=1S/C54H72N2O15/c1-55(19-15-35-25-40(31-59)42(33-61)52(67-6)48(35)43(55)24-34-11-12-37(29-57)39(23-34)30-58)17-9-21-70-46(62)13-14-47(63)71-22-10-18-56(2)20-16-36-27-45(65-4)53(68-7)54(69-8)49(36)50(56)38-26-41(32-60)51(66-5)44(28-38)64-3/h11-14,23,25-28,43,50,57-61H,9-10,15-22,24,29-33H2,1-8H3/q+2/b14-13-. The first kappa shape index (κ1) is 54.4. The maximum absolute atomic E-state index is 12.9. The minimum Gasteiger partial charge on any atom is -0.496 e. The van der Waals surface area contributed by atoms with Crippen LogP contribution in [0.15, 0.2) is 54.6 Å². The van der Waals surface area contributed by atoms with Crippen molar-refractivity contribution in [3.63, 3.8) is 0 Å². The number of aliphatic hydroxyl groups is 5. The van der Waals surface area contributed by atoms with Gasteiger partial charge in [0.1, 0.15) is 17.8 Å². The molecule has 4 atom stereocenters. The van der Waals surface area contributed by atoms with Crippen LogP contribution in [-0.4, -0.2) is 143 Å². The largest absolute Gasteiger partial charge is 0.496 e. The van der Waals surface area contributed by atoms with Crippen molar-refractivity contribution in [3.05, 3.63) is 116 Å². The minimum absolute atomic E-state index is 0.0854. The number of hydrogen-bond acceptors (Lipinski definition) is 15. The van der Waals surface area contributed by atoms with E-state index in [0.717, 1.165) is 52.1 Å². The second kappa shape index (κ2) is 24.5. The summed E-state index contributed by atoms with van der Waals surface area (Å²) in [5, 5.41) is 50.9. The van der Waals surface area contributed by atoms with Crippen LogP contribution < -0.4 is 28.4 Å². The molecule has 2 heterocycles. The average molecular weight is 989 g/mol. The molecule has 0 fully saturated rings. The molecule has 71 heavy (non-hydrogen) atoms. The van der Waals surface area contributed by atoms with Crippen molar-refractivity contribution in [1.29, 1.82) is 0 Å². The highest BCUT2D eigenvalue weighted by Gasteiger charge is 2.45. The molecular weight excluding hydrogens is 917 g/mol.